The summed E-state index contributed by atoms with van der Waals surface area (Å²) in [6.07, 6.45) is 3.13. The fourth-order valence-corrected chi connectivity index (χ4v) is 4.28. The van der Waals surface area contributed by atoms with Gasteiger partial charge in [-0.15, -0.1) is 11.8 Å². The predicted octanol–water partition coefficient (Wildman–Crippen LogP) is 1.91. The van der Waals surface area contributed by atoms with Crippen molar-refractivity contribution in [2.45, 2.75) is 58.2 Å². The molecular formula is C21H30O5. The molecule has 7 atom stereocenters. The molecule has 0 aromatic rings. The van der Waals surface area contributed by atoms with E-state index in [1.165, 1.54) is 0 Å². The Morgan fingerprint density at radius 3 is 2.77 bits per heavy atom. The molecule has 2 aliphatic rings. The number of aliphatic hydroxyl groups is 2. The third-order valence-corrected chi connectivity index (χ3v) is 5.70. The van der Waals surface area contributed by atoms with Crippen molar-refractivity contribution < 1.29 is 24.9 Å². The van der Waals surface area contributed by atoms with Crippen LogP contribution in [0.15, 0.2) is 0 Å². The van der Waals surface area contributed by atoms with E-state index < -0.39 is 18.2 Å². The van der Waals surface area contributed by atoms with Crippen LogP contribution < -0.4 is 0 Å². The largest absolute Gasteiger partial charge is 0.480 e. The number of carbonyl (C=O) groups is 1. The zero-order valence-corrected chi connectivity index (χ0v) is 15.6. The summed E-state index contributed by atoms with van der Waals surface area (Å²) >= 11 is 0. The number of aliphatic hydroxyl groups excluding tert-OH is 2. The van der Waals surface area contributed by atoms with Gasteiger partial charge >= 0.3 is 5.97 Å². The van der Waals surface area contributed by atoms with Crippen LogP contribution in [-0.4, -0.2) is 46.7 Å². The lowest BCUT2D eigenvalue weighted by atomic mass is 9.90. The summed E-state index contributed by atoms with van der Waals surface area (Å²) in [6.45, 7) is 3.93. The summed E-state index contributed by atoms with van der Waals surface area (Å²) in [5, 5.41) is 29.1. The van der Waals surface area contributed by atoms with Gasteiger partial charge in [0.15, 0.2) is 0 Å². The van der Waals surface area contributed by atoms with Crippen molar-refractivity contribution in [3.8, 4) is 23.7 Å². The monoisotopic (exact) mass is 362 g/mol. The van der Waals surface area contributed by atoms with Crippen LogP contribution in [0.5, 0.6) is 0 Å². The smallest absolute Gasteiger partial charge is 0.329 e. The van der Waals surface area contributed by atoms with Gasteiger partial charge in [-0.2, -0.15) is 0 Å². The molecule has 0 heterocycles. The van der Waals surface area contributed by atoms with E-state index in [2.05, 4.69) is 23.7 Å². The minimum absolute atomic E-state index is 0.00740. The number of aliphatic carboxylic acids is 1. The molecule has 0 spiro atoms. The average Bonchev–Trinajstić information content (AvgIpc) is 3.10. The van der Waals surface area contributed by atoms with Gasteiger partial charge in [-0.25, -0.2) is 4.79 Å². The Balaban J connectivity index is 1.86. The molecular weight excluding hydrogens is 332 g/mol. The highest BCUT2D eigenvalue weighted by Crippen LogP contribution is 2.50. The SMILES string of the molecule is CC#CCC(C)C(O)C#C[C@H]1[C@@H]2CC(CCOCC(=O)O)C[C@@H]2C[C@@H]1O. The number of rotatable bonds is 7. The minimum atomic E-state index is -0.940. The summed E-state index contributed by atoms with van der Waals surface area (Å²) < 4.78 is 5.14. The zero-order valence-electron chi connectivity index (χ0n) is 15.6. The lowest BCUT2D eigenvalue weighted by Crippen LogP contribution is -2.20. The molecule has 0 amide bonds. The van der Waals surface area contributed by atoms with Gasteiger partial charge in [-0.1, -0.05) is 18.8 Å². The zero-order chi connectivity index (χ0) is 19.1. The molecule has 0 aliphatic heterocycles. The van der Waals surface area contributed by atoms with E-state index in [1.807, 2.05) is 6.92 Å². The molecule has 5 heteroatoms. The van der Waals surface area contributed by atoms with Crippen LogP contribution in [0.4, 0.5) is 0 Å². The number of hydrogen-bond donors (Lipinski definition) is 3. The number of ether oxygens (including phenoxy) is 1. The van der Waals surface area contributed by atoms with Crippen LogP contribution in [0, 0.1) is 53.3 Å². The second-order valence-corrected chi connectivity index (χ2v) is 7.67. The Morgan fingerprint density at radius 2 is 2.08 bits per heavy atom. The third-order valence-electron chi connectivity index (χ3n) is 5.70. The van der Waals surface area contributed by atoms with E-state index in [0.29, 0.717) is 30.8 Å². The molecule has 2 saturated carbocycles. The van der Waals surface area contributed by atoms with Gasteiger partial charge in [0.05, 0.1) is 6.10 Å². The van der Waals surface area contributed by atoms with Gasteiger partial charge in [0.1, 0.15) is 12.7 Å². The first-order chi connectivity index (χ1) is 12.4. The number of hydrogen-bond acceptors (Lipinski definition) is 4. The van der Waals surface area contributed by atoms with Gasteiger partial charge in [-0.05, 0) is 50.4 Å². The quantitative estimate of drug-likeness (QED) is 0.476. The van der Waals surface area contributed by atoms with Gasteiger partial charge in [0, 0.05) is 24.9 Å². The Labute approximate surface area is 156 Å². The lowest BCUT2D eigenvalue weighted by molar-refractivity contribution is -0.142. The van der Waals surface area contributed by atoms with Crippen molar-refractivity contribution in [1.82, 2.24) is 0 Å². The molecule has 2 fully saturated rings. The number of carboxylic acid groups (broad SMARTS) is 1. The maximum atomic E-state index is 10.5. The molecule has 26 heavy (non-hydrogen) atoms. The average molecular weight is 362 g/mol. The third kappa shape index (κ3) is 5.74. The maximum Gasteiger partial charge on any atom is 0.329 e. The molecule has 2 aliphatic carbocycles. The standard InChI is InChI=1S/C21H30O5/c1-3-4-5-14(2)19(22)7-6-17-18-11-15(8-9-26-13-21(24)25)10-16(18)12-20(17)23/h14-20,22-23H,5,8-13H2,1-2H3,(H,24,25)/t14?,15?,16-,17+,18-,19?,20+/m1/s1. The molecule has 0 radical (unpaired) electrons. The Kier molecular flexibility index (Phi) is 7.97. The first kappa shape index (κ1) is 20.8. The summed E-state index contributed by atoms with van der Waals surface area (Å²) in [5.41, 5.74) is 0. The summed E-state index contributed by atoms with van der Waals surface area (Å²) in [7, 11) is 0. The van der Waals surface area contributed by atoms with Crippen LogP contribution in [0.25, 0.3) is 0 Å². The highest BCUT2D eigenvalue weighted by molar-refractivity contribution is 5.67. The van der Waals surface area contributed by atoms with Crippen LogP contribution in [0.2, 0.25) is 0 Å². The number of fused-ring (bicyclic) bond motifs is 1. The first-order valence-corrected chi connectivity index (χ1v) is 9.48. The first-order valence-electron chi connectivity index (χ1n) is 9.48. The molecule has 3 unspecified atom stereocenters. The Morgan fingerprint density at radius 1 is 1.31 bits per heavy atom. The van der Waals surface area contributed by atoms with Gasteiger partial charge < -0.3 is 20.1 Å². The van der Waals surface area contributed by atoms with Crippen molar-refractivity contribution >= 4 is 5.97 Å². The maximum absolute atomic E-state index is 10.5. The Bertz CT molecular complexity index is 593. The lowest BCUT2D eigenvalue weighted by Gasteiger charge is -2.17. The van der Waals surface area contributed by atoms with Crippen molar-refractivity contribution in [2.24, 2.45) is 29.6 Å². The molecule has 0 bridgehead atoms. The van der Waals surface area contributed by atoms with Gasteiger partial charge in [-0.3, -0.25) is 0 Å². The van der Waals surface area contributed by atoms with Crippen molar-refractivity contribution in [3.05, 3.63) is 0 Å². The summed E-state index contributed by atoms with van der Waals surface area (Å²) in [5.74, 6) is 12.2. The van der Waals surface area contributed by atoms with E-state index in [4.69, 9.17) is 9.84 Å². The molecule has 144 valence electrons. The Hall–Kier alpha value is -1.53. The highest BCUT2D eigenvalue weighted by atomic mass is 16.5. The van der Waals surface area contributed by atoms with Crippen LogP contribution >= 0.6 is 0 Å². The van der Waals surface area contributed by atoms with E-state index in [-0.39, 0.29) is 18.4 Å². The number of carboxylic acids is 1. The van der Waals surface area contributed by atoms with E-state index >= 15 is 0 Å². The molecule has 2 rings (SSSR count). The second kappa shape index (κ2) is 9.97. The molecule has 5 nitrogen and oxygen atoms in total. The van der Waals surface area contributed by atoms with E-state index in [9.17, 15) is 15.0 Å². The van der Waals surface area contributed by atoms with Crippen molar-refractivity contribution in [3.63, 3.8) is 0 Å². The van der Waals surface area contributed by atoms with Gasteiger partial charge in [0.2, 0.25) is 0 Å². The fourth-order valence-electron chi connectivity index (χ4n) is 4.28. The molecule has 0 saturated heterocycles. The summed E-state index contributed by atoms with van der Waals surface area (Å²) in [4.78, 5) is 10.5. The van der Waals surface area contributed by atoms with Crippen LogP contribution in [0.3, 0.4) is 0 Å². The van der Waals surface area contributed by atoms with Crippen LogP contribution in [-0.2, 0) is 9.53 Å². The fraction of sp³-hybridized carbons (Fsp3) is 0.762. The van der Waals surface area contributed by atoms with E-state index in [1.54, 1.807) is 6.92 Å². The van der Waals surface area contributed by atoms with Gasteiger partial charge in [0.25, 0.3) is 0 Å². The summed E-state index contributed by atoms with van der Waals surface area (Å²) in [6, 6.07) is 0. The minimum Gasteiger partial charge on any atom is -0.480 e. The topological polar surface area (TPSA) is 87.0 Å². The van der Waals surface area contributed by atoms with Crippen LogP contribution in [0.1, 0.15) is 46.0 Å². The highest BCUT2D eigenvalue weighted by Gasteiger charge is 2.47. The predicted molar refractivity (Wildman–Crippen MR) is 97.9 cm³/mol. The molecule has 3 N–H and O–H groups in total. The van der Waals surface area contributed by atoms with E-state index in [0.717, 1.165) is 25.7 Å². The van der Waals surface area contributed by atoms with Crippen molar-refractivity contribution in [2.75, 3.05) is 13.2 Å². The normalized spacial score (nSPS) is 31.9. The van der Waals surface area contributed by atoms with Crippen molar-refractivity contribution in [1.29, 1.82) is 0 Å². The second-order valence-electron chi connectivity index (χ2n) is 7.67. The molecule has 0 aromatic heterocycles. The molecule has 0 aromatic carbocycles.